The Hall–Kier alpha value is -7.39. The topological polar surface area (TPSA) is 61.8 Å². The highest BCUT2D eigenvalue weighted by Gasteiger charge is 2.21. The third kappa shape index (κ3) is 4.31. The van der Waals surface area contributed by atoms with E-state index in [1.54, 1.807) is 0 Å². The van der Waals surface area contributed by atoms with E-state index >= 15 is 0 Å². The fourth-order valence-corrected chi connectivity index (χ4v) is 7.48. The number of benzene rings is 7. The fraction of sp³-hybridized carbons (Fsp3) is 0. The van der Waals surface area contributed by atoms with Crippen molar-refractivity contribution in [3.8, 4) is 45.8 Å². The van der Waals surface area contributed by atoms with Gasteiger partial charge in [0.05, 0.1) is 57.6 Å². The van der Waals surface area contributed by atoms with E-state index in [0.29, 0.717) is 16.8 Å². The van der Waals surface area contributed by atoms with Crippen molar-refractivity contribution < 1.29 is 0 Å². The van der Waals surface area contributed by atoms with Gasteiger partial charge in [-0.05, 0) is 83.4 Å². The largest absolute Gasteiger partial charge is 0.309 e. The second-order valence-electron chi connectivity index (χ2n) is 12.3. The van der Waals surface area contributed by atoms with Crippen molar-refractivity contribution in [2.75, 3.05) is 0 Å². The maximum Gasteiger partial charge on any atom is 0.187 e. The van der Waals surface area contributed by atoms with Crippen LogP contribution in [0.15, 0.2) is 152 Å². The van der Waals surface area contributed by atoms with Crippen molar-refractivity contribution in [2.24, 2.45) is 0 Å². The van der Waals surface area contributed by atoms with Gasteiger partial charge in [0.2, 0.25) is 0 Å². The first-order valence-electron chi connectivity index (χ1n) is 16.3. The number of aromatic nitrogens is 2. The average Bonchev–Trinajstić information content (AvgIpc) is 3.70. The van der Waals surface area contributed by atoms with Crippen molar-refractivity contribution in [3.05, 3.63) is 174 Å². The molecule has 0 N–H and O–H groups in total. The molecular formula is C45H25N5. The maximum absolute atomic E-state index is 10.6. The van der Waals surface area contributed by atoms with Gasteiger partial charge in [-0.3, -0.25) is 0 Å². The maximum atomic E-state index is 10.6. The molecule has 2 heterocycles. The van der Waals surface area contributed by atoms with Gasteiger partial charge in [-0.25, -0.2) is 4.85 Å². The molecule has 0 fully saturated rings. The SMILES string of the molecule is [C-]#[N+]c1ccc(-c2cccc(-n3c4ccccc4c4cc(C#N)ccc43)c2)c(-c2c(C#N)cccc2-n2c3ccccc3c3ccccc32)c1. The Bertz CT molecular complexity index is 2920. The number of rotatable bonds is 4. The Labute approximate surface area is 288 Å². The lowest BCUT2D eigenvalue weighted by Gasteiger charge is -2.19. The zero-order chi connectivity index (χ0) is 33.8. The monoisotopic (exact) mass is 635 g/mol. The van der Waals surface area contributed by atoms with Crippen LogP contribution in [0.3, 0.4) is 0 Å². The third-order valence-corrected chi connectivity index (χ3v) is 9.60. The molecule has 5 nitrogen and oxygen atoms in total. The predicted octanol–water partition coefficient (Wildman–Crippen LogP) is 11.5. The van der Waals surface area contributed by atoms with Crippen LogP contribution in [-0.2, 0) is 0 Å². The third-order valence-electron chi connectivity index (χ3n) is 9.60. The van der Waals surface area contributed by atoms with Gasteiger partial charge in [-0.1, -0.05) is 84.9 Å². The van der Waals surface area contributed by atoms with Gasteiger partial charge < -0.3 is 9.13 Å². The molecule has 9 aromatic rings. The van der Waals surface area contributed by atoms with Crippen LogP contribution in [0.1, 0.15) is 11.1 Å². The molecule has 2 aromatic heterocycles. The van der Waals surface area contributed by atoms with E-state index in [1.165, 1.54) is 0 Å². The molecule has 0 aliphatic heterocycles. The van der Waals surface area contributed by atoms with E-state index in [1.807, 2.05) is 78.9 Å². The van der Waals surface area contributed by atoms with Crippen LogP contribution >= 0.6 is 0 Å². The minimum Gasteiger partial charge on any atom is -0.309 e. The van der Waals surface area contributed by atoms with Crippen molar-refractivity contribution in [1.29, 1.82) is 10.5 Å². The quantitative estimate of drug-likeness (QED) is 0.181. The smallest absolute Gasteiger partial charge is 0.187 e. The molecule has 0 spiro atoms. The van der Waals surface area contributed by atoms with Crippen LogP contribution in [0, 0.1) is 29.2 Å². The summed E-state index contributed by atoms with van der Waals surface area (Å²) in [6.45, 7) is 7.93. The molecule has 0 amide bonds. The second kappa shape index (κ2) is 11.4. The number of para-hydroxylation sites is 3. The highest BCUT2D eigenvalue weighted by Crippen LogP contribution is 2.43. The van der Waals surface area contributed by atoms with E-state index in [0.717, 1.165) is 77.2 Å². The molecule has 0 aliphatic rings. The van der Waals surface area contributed by atoms with Gasteiger partial charge in [-0.2, -0.15) is 10.5 Å². The average molecular weight is 636 g/mol. The molecule has 0 bridgehead atoms. The summed E-state index contributed by atoms with van der Waals surface area (Å²) in [5.74, 6) is 0. The number of nitriles is 2. The molecule has 0 saturated heterocycles. The minimum absolute atomic E-state index is 0.497. The molecule has 0 aliphatic carbocycles. The number of hydrogen-bond donors (Lipinski definition) is 0. The summed E-state index contributed by atoms with van der Waals surface area (Å²) in [6, 6.07) is 55.5. The van der Waals surface area contributed by atoms with E-state index in [4.69, 9.17) is 6.57 Å². The first-order chi connectivity index (χ1) is 24.7. The van der Waals surface area contributed by atoms with Gasteiger partial charge in [0, 0.05) is 32.8 Å². The Morgan fingerprint density at radius 3 is 1.82 bits per heavy atom. The van der Waals surface area contributed by atoms with Crippen molar-refractivity contribution in [3.63, 3.8) is 0 Å². The van der Waals surface area contributed by atoms with E-state index in [-0.39, 0.29) is 0 Å². The fourth-order valence-electron chi connectivity index (χ4n) is 7.48. The molecule has 0 saturated carbocycles. The van der Waals surface area contributed by atoms with Crippen LogP contribution in [0.2, 0.25) is 0 Å². The first kappa shape index (κ1) is 28.8. The Morgan fingerprint density at radius 2 is 1.14 bits per heavy atom. The van der Waals surface area contributed by atoms with E-state index in [9.17, 15) is 10.5 Å². The summed E-state index contributed by atoms with van der Waals surface area (Å²) in [4.78, 5) is 3.81. The summed E-state index contributed by atoms with van der Waals surface area (Å²) in [5, 5.41) is 24.6. The van der Waals surface area contributed by atoms with Crippen LogP contribution in [-0.4, -0.2) is 9.13 Å². The molecule has 230 valence electrons. The van der Waals surface area contributed by atoms with Gasteiger partial charge in [-0.15, -0.1) is 0 Å². The van der Waals surface area contributed by atoms with Gasteiger partial charge in [0.15, 0.2) is 5.69 Å². The highest BCUT2D eigenvalue weighted by molar-refractivity contribution is 6.11. The standard InChI is InChI=1S/C45H25N5/c1-48-32-21-22-34(30-10-8-12-33(25-30)49-40-16-5-4-15-37(40)38-24-29(27-46)20-23-43(38)49)39(26-32)45-31(28-47)11-9-19-44(45)50-41-17-6-2-13-35(41)36-14-3-7-18-42(36)50/h2-26H. The number of fused-ring (bicyclic) bond motifs is 6. The molecule has 50 heavy (non-hydrogen) atoms. The molecule has 5 heteroatoms. The van der Waals surface area contributed by atoms with Gasteiger partial charge in [0.25, 0.3) is 0 Å². The Balaban J connectivity index is 1.32. The normalized spacial score (nSPS) is 11.1. The minimum atomic E-state index is 0.497. The van der Waals surface area contributed by atoms with E-state index < -0.39 is 0 Å². The molecule has 0 atom stereocenters. The van der Waals surface area contributed by atoms with Crippen LogP contribution in [0.25, 0.3) is 82.1 Å². The summed E-state index contributed by atoms with van der Waals surface area (Å²) >= 11 is 0. The lowest BCUT2D eigenvalue weighted by Crippen LogP contribution is -2.01. The van der Waals surface area contributed by atoms with Crippen molar-refractivity contribution >= 4 is 49.3 Å². The zero-order valence-corrected chi connectivity index (χ0v) is 26.7. The summed E-state index contributed by atoms with van der Waals surface area (Å²) in [7, 11) is 0. The Morgan fingerprint density at radius 1 is 0.500 bits per heavy atom. The van der Waals surface area contributed by atoms with Crippen molar-refractivity contribution in [1.82, 2.24) is 9.13 Å². The zero-order valence-electron chi connectivity index (χ0n) is 26.7. The predicted molar refractivity (Wildman–Crippen MR) is 202 cm³/mol. The lowest BCUT2D eigenvalue weighted by atomic mass is 9.90. The summed E-state index contributed by atoms with van der Waals surface area (Å²) in [5.41, 5.74) is 11.1. The Kier molecular flexibility index (Phi) is 6.56. The lowest BCUT2D eigenvalue weighted by molar-refractivity contribution is 1.18. The van der Waals surface area contributed by atoms with Crippen LogP contribution in [0.5, 0.6) is 0 Å². The number of nitrogens with zero attached hydrogens (tertiary/aromatic N) is 5. The van der Waals surface area contributed by atoms with Crippen molar-refractivity contribution in [2.45, 2.75) is 0 Å². The molecule has 0 radical (unpaired) electrons. The second-order valence-corrected chi connectivity index (χ2v) is 12.3. The van der Waals surface area contributed by atoms with Gasteiger partial charge >= 0.3 is 0 Å². The molecule has 9 rings (SSSR count). The molecule has 7 aromatic carbocycles. The molecule has 0 unspecified atom stereocenters. The number of hydrogen-bond acceptors (Lipinski definition) is 2. The van der Waals surface area contributed by atoms with E-state index in [2.05, 4.69) is 98.9 Å². The summed E-state index contributed by atoms with van der Waals surface area (Å²) < 4.78 is 4.47. The molecular weight excluding hydrogens is 611 g/mol. The summed E-state index contributed by atoms with van der Waals surface area (Å²) in [6.07, 6.45) is 0. The highest BCUT2D eigenvalue weighted by atomic mass is 15.0. The van der Waals surface area contributed by atoms with Gasteiger partial charge in [0.1, 0.15) is 0 Å². The van der Waals surface area contributed by atoms with Crippen LogP contribution in [0.4, 0.5) is 5.69 Å². The van der Waals surface area contributed by atoms with Crippen LogP contribution < -0.4 is 0 Å². The first-order valence-corrected chi connectivity index (χ1v) is 16.3.